The second-order valence-electron chi connectivity index (χ2n) is 7.35. The van der Waals surface area contributed by atoms with Crippen molar-refractivity contribution in [2.45, 2.75) is 18.7 Å². The summed E-state index contributed by atoms with van der Waals surface area (Å²) < 4.78 is 32.5. The van der Waals surface area contributed by atoms with Crippen LogP contribution >= 0.6 is 31.9 Å². The van der Waals surface area contributed by atoms with Gasteiger partial charge < -0.3 is 4.18 Å². The van der Waals surface area contributed by atoms with Gasteiger partial charge in [0, 0.05) is 10.0 Å². The zero-order valence-electron chi connectivity index (χ0n) is 17.6. The maximum Gasteiger partial charge on any atom is 0.339 e. The van der Waals surface area contributed by atoms with Gasteiger partial charge in [-0.1, -0.05) is 51.8 Å². The van der Waals surface area contributed by atoms with Crippen molar-refractivity contribution in [3.8, 4) is 5.75 Å². The van der Waals surface area contributed by atoms with Crippen molar-refractivity contribution in [1.29, 1.82) is 0 Å². The Morgan fingerprint density at radius 1 is 0.970 bits per heavy atom. The second-order valence-corrected chi connectivity index (χ2v) is 10.7. The summed E-state index contributed by atoms with van der Waals surface area (Å²) in [7, 11) is -4.10. The van der Waals surface area contributed by atoms with Crippen molar-refractivity contribution < 1.29 is 17.4 Å². The third-order valence-electron chi connectivity index (χ3n) is 4.90. The van der Waals surface area contributed by atoms with Crippen molar-refractivity contribution >= 4 is 65.4 Å². The summed E-state index contributed by atoms with van der Waals surface area (Å²) in [4.78, 5) is 13.1. The Morgan fingerprint density at radius 2 is 1.64 bits per heavy atom. The maximum atomic E-state index is 13.1. The molecule has 0 unspecified atom stereocenters. The van der Waals surface area contributed by atoms with Crippen LogP contribution in [0.3, 0.4) is 0 Å². The topological polar surface area (TPSA) is 76.0 Å². The van der Waals surface area contributed by atoms with Gasteiger partial charge in [-0.05, 0) is 72.3 Å². The van der Waals surface area contributed by atoms with Crippen LogP contribution in [-0.2, 0) is 14.9 Å². The van der Waals surface area contributed by atoms with Crippen LogP contribution < -0.4 is 9.19 Å². The molecule has 4 rings (SSSR count). The minimum absolute atomic E-state index is 0.0338. The molecular weight excluding hydrogens is 572 g/mol. The van der Waals surface area contributed by atoms with E-state index in [-0.39, 0.29) is 16.6 Å². The van der Waals surface area contributed by atoms with Gasteiger partial charge in [-0.2, -0.15) is 18.5 Å². The number of hydrazone groups is 1. The van der Waals surface area contributed by atoms with E-state index < -0.39 is 10.1 Å². The van der Waals surface area contributed by atoms with Crippen LogP contribution in [-0.4, -0.2) is 20.0 Å². The van der Waals surface area contributed by atoms with E-state index in [1.54, 1.807) is 49.4 Å². The average Bonchev–Trinajstić information content (AvgIpc) is 3.05. The van der Waals surface area contributed by atoms with E-state index in [1.165, 1.54) is 17.1 Å². The minimum atomic E-state index is -4.10. The number of aryl methyl sites for hydroxylation is 1. The van der Waals surface area contributed by atoms with Gasteiger partial charge in [-0.15, -0.1) is 0 Å². The first-order valence-corrected chi connectivity index (χ1v) is 12.8. The molecule has 0 aromatic heterocycles. The number of carbonyl (C=O) groups excluding carboxylic acids is 1. The average molecular weight is 590 g/mol. The molecule has 1 aliphatic heterocycles. The SMILES string of the molecule is CC1=NN(c2ccccc2)C(=O)/C1=C/c1cc(Br)cc(Br)c1OS(=O)(=O)c1ccc(C)cc1. The molecule has 0 N–H and O–H groups in total. The van der Waals surface area contributed by atoms with Gasteiger partial charge >= 0.3 is 10.1 Å². The number of hydrogen-bond donors (Lipinski definition) is 0. The third-order valence-corrected chi connectivity index (χ3v) is 7.19. The molecule has 0 bridgehead atoms. The highest BCUT2D eigenvalue weighted by atomic mass is 79.9. The highest BCUT2D eigenvalue weighted by molar-refractivity contribution is 9.11. The predicted octanol–water partition coefficient (Wildman–Crippen LogP) is 6.09. The lowest BCUT2D eigenvalue weighted by Gasteiger charge is -2.13. The highest BCUT2D eigenvalue weighted by Gasteiger charge is 2.29. The molecule has 3 aromatic carbocycles. The van der Waals surface area contributed by atoms with E-state index in [0.717, 1.165) is 5.56 Å². The molecule has 168 valence electrons. The smallest absolute Gasteiger partial charge is 0.339 e. The van der Waals surface area contributed by atoms with Crippen molar-refractivity contribution in [2.24, 2.45) is 5.10 Å². The largest absolute Gasteiger partial charge is 0.377 e. The summed E-state index contributed by atoms with van der Waals surface area (Å²) >= 11 is 6.81. The van der Waals surface area contributed by atoms with Gasteiger partial charge in [-0.3, -0.25) is 4.79 Å². The van der Waals surface area contributed by atoms with Crippen molar-refractivity contribution in [3.05, 3.63) is 92.4 Å². The number of carbonyl (C=O) groups is 1. The first kappa shape index (κ1) is 23.4. The fraction of sp³-hybridized carbons (Fsp3) is 0.0833. The Morgan fingerprint density at radius 3 is 2.30 bits per heavy atom. The summed E-state index contributed by atoms with van der Waals surface area (Å²) in [6.07, 6.45) is 1.58. The van der Waals surface area contributed by atoms with Crippen LogP contribution in [0.4, 0.5) is 5.69 Å². The molecule has 0 saturated carbocycles. The second kappa shape index (κ2) is 9.24. The number of hydrogen-bond acceptors (Lipinski definition) is 5. The van der Waals surface area contributed by atoms with Crippen LogP contribution in [0.5, 0.6) is 5.75 Å². The van der Waals surface area contributed by atoms with Crippen molar-refractivity contribution in [2.75, 3.05) is 5.01 Å². The summed E-state index contributed by atoms with van der Waals surface area (Å²) in [6, 6.07) is 18.8. The standard InChI is InChI=1S/C24H18Br2N2O4S/c1-15-8-10-20(11-9-15)33(30,31)32-23-17(12-18(25)14-22(23)26)13-21-16(2)27-28(24(21)29)19-6-4-3-5-7-19/h3-14H,1-2H3/b21-13+. The summed E-state index contributed by atoms with van der Waals surface area (Å²) in [6.45, 7) is 3.59. The number of anilines is 1. The molecule has 6 nitrogen and oxygen atoms in total. The first-order valence-electron chi connectivity index (χ1n) is 9.83. The molecule has 0 saturated heterocycles. The Balaban J connectivity index is 1.75. The van der Waals surface area contributed by atoms with Gasteiger partial charge in [-0.25, -0.2) is 0 Å². The van der Waals surface area contributed by atoms with Gasteiger partial charge in [0.05, 0.1) is 21.4 Å². The van der Waals surface area contributed by atoms with Crippen LogP contribution in [0, 0.1) is 6.92 Å². The quantitative estimate of drug-likeness (QED) is 0.266. The molecule has 33 heavy (non-hydrogen) atoms. The van der Waals surface area contributed by atoms with E-state index in [9.17, 15) is 13.2 Å². The molecule has 9 heteroatoms. The molecule has 0 fully saturated rings. The molecule has 3 aromatic rings. The van der Waals surface area contributed by atoms with Crippen LogP contribution in [0.25, 0.3) is 6.08 Å². The molecule has 1 heterocycles. The Bertz CT molecular complexity index is 1400. The fourth-order valence-corrected chi connectivity index (χ4v) is 5.64. The number of rotatable bonds is 5. The van der Waals surface area contributed by atoms with Crippen molar-refractivity contribution in [1.82, 2.24) is 0 Å². The van der Waals surface area contributed by atoms with E-state index in [1.807, 2.05) is 25.1 Å². The van der Waals surface area contributed by atoms with E-state index in [0.29, 0.717) is 31.5 Å². The highest BCUT2D eigenvalue weighted by Crippen LogP contribution is 2.37. The number of benzene rings is 3. The molecule has 1 amide bonds. The predicted molar refractivity (Wildman–Crippen MR) is 136 cm³/mol. The minimum Gasteiger partial charge on any atom is -0.377 e. The van der Waals surface area contributed by atoms with Gasteiger partial charge in [0.25, 0.3) is 5.91 Å². The van der Waals surface area contributed by atoms with Crippen molar-refractivity contribution in [3.63, 3.8) is 0 Å². The maximum absolute atomic E-state index is 13.1. The monoisotopic (exact) mass is 588 g/mol. The van der Waals surface area contributed by atoms with E-state index >= 15 is 0 Å². The lowest BCUT2D eigenvalue weighted by Crippen LogP contribution is -2.21. The molecule has 1 aliphatic rings. The lowest BCUT2D eigenvalue weighted by atomic mass is 10.1. The Labute approximate surface area is 209 Å². The van der Waals surface area contributed by atoms with Gasteiger partial charge in [0.1, 0.15) is 4.90 Å². The Hall–Kier alpha value is -2.75. The van der Waals surface area contributed by atoms with E-state index in [2.05, 4.69) is 37.0 Å². The third kappa shape index (κ3) is 4.95. The van der Waals surface area contributed by atoms with Crippen LogP contribution in [0.15, 0.2) is 91.2 Å². The zero-order chi connectivity index (χ0) is 23.8. The molecular formula is C24H18Br2N2O4S. The number of para-hydroxylation sites is 1. The van der Waals surface area contributed by atoms with Gasteiger partial charge in [0.15, 0.2) is 5.75 Å². The first-order chi connectivity index (χ1) is 15.7. The molecule has 0 atom stereocenters. The van der Waals surface area contributed by atoms with Gasteiger partial charge in [0.2, 0.25) is 0 Å². The molecule has 0 radical (unpaired) electrons. The normalized spacial score (nSPS) is 15.2. The number of nitrogens with zero attached hydrogens (tertiary/aromatic N) is 2. The number of halogens is 2. The summed E-state index contributed by atoms with van der Waals surface area (Å²) in [5, 5.41) is 5.69. The fourth-order valence-electron chi connectivity index (χ4n) is 3.22. The zero-order valence-corrected chi connectivity index (χ0v) is 21.6. The van der Waals surface area contributed by atoms with E-state index in [4.69, 9.17) is 4.18 Å². The van der Waals surface area contributed by atoms with Crippen LogP contribution in [0.1, 0.15) is 18.1 Å². The molecule has 0 aliphatic carbocycles. The van der Waals surface area contributed by atoms with Crippen LogP contribution in [0.2, 0.25) is 0 Å². The lowest BCUT2D eigenvalue weighted by molar-refractivity contribution is -0.114. The summed E-state index contributed by atoms with van der Waals surface area (Å²) in [5.74, 6) is -0.243. The summed E-state index contributed by atoms with van der Waals surface area (Å²) in [5.41, 5.74) is 2.81. The molecule has 0 spiro atoms. The Kier molecular flexibility index (Phi) is 6.56. The number of amides is 1.